The van der Waals surface area contributed by atoms with Gasteiger partial charge in [-0.3, -0.25) is 4.79 Å². The Morgan fingerprint density at radius 1 is 1.43 bits per heavy atom. The molecule has 0 spiro atoms. The molecule has 2 aliphatic heterocycles. The normalized spacial score (nSPS) is 21.1. The molecule has 2 atom stereocenters. The highest BCUT2D eigenvalue weighted by Gasteiger charge is 2.30. The third-order valence-electron chi connectivity index (χ3n) is 3.77. The number of nitrogens with zero attached hydrogens (tertiary/aromatic N) is 3. The van der Waals surface area contributed by atoms with E-state index >= 15 is 0 Å². The van der Waals surface area contributed by atoms with Crippen LogP contribution in [0.15, 0.2) is 44.9 Å². The monoisotopic (exact) mass is 286 g/mol. The lowest BCUT2D eigenvalue weighted by Crippen LogP contribution is -2.41. The number of fused-ring (bicyclic) bond motifs is 1. The summed E-state index contributed by atoms with van der Waals surface area (Å²) < 4.78 is 0. The first-order valence-electron chi connectivity index (χ1n) is 6.97. The quantitative estimate of drug-likeness (QED) is 0.756. The number of nitrogens with one attached hydrogen (secondary N) is 3. The van der Waals surface area contributed by atoms with E-state index < -0.39 is 0 Å². The van der Waals surface area contributed by atoms with E-state index in [-0.39, 0.29) is 17.8 Å². The van der Waals surface area contributed by atoms with E-state index in [1.54, 1.807) is 18.6 Å². The molecule has 0 aliphatic carbocycles. The fourth-order valence-electron chi connectivity index (χ4n) is 2.60. The molecule has 3 heterocycles. The summed E-state index contributed by atoms with van der Waals surface area (Å²) in [6.07, 6.45) is 5.14. The second-order valence-corrected chi connectivity index (χ2v) is 4.96. The summed E-state index contributed by atoms with van der Waals surface area (Å²) in [7, 11) is 0. The number of amidine groups is 1. The standard InChI is InChI=1S/C14H18N6O/c1-3-20(9(2)10-4-5-12(21)15-6-10)14-11-7-18-19-13(11)16-8-17-14/h4-9,13,18-19H,3H2,1-2H3,(H,15,21). The molecule has 1 aromatic heterocycles. The number of rotatable bonds is 3. The summed E-state index contributed by atoms with van der Waals surface area (Å²) in [4.78, 5) is 24.8. The van der Waals surface area contributed by atoms with Crippen molar-refractivity contribution in [2.75, 3.05) is 6.54 Å². The van der Waals surface area contributed by atoms with Gasteiger partial charge in [0.15, 0.2) is 0 Å². The van der Waals surface area contributed by atoms with Crippen LogP contribution in [0.3, 0.4) is 0 Å². The van der Waals surface area contributed by atoms with Crippen LogP contribution in [0.4, 0.5) is 0 Å². The SMILES string of the molecule is CCN(C1=NC=NC2NNC=C12)C(C)c1ccc(=O)[nH]c1. The van der Waals surface area contributed by atoms with Crippen LogP contribution >= 0.6 is 0 Å². The Balaban J connectivity index is 1.91. The van der Waals surface area contributed by atoms with Gasteiger partial charge in [-0.2, -0.15) is 0 Å². The molecule has 0 amide bonds. The fourth-order valence-corrected chi connectivity index (χ4v) is 2.60. The second-order valence-electron chi connectivity index (χ2n) is 4.96. The van der Waals surface area contributed by atoms with Gasteiger partial charge in [0.05, 0.1) is 11.6 Å². The van der Waals surface area contributed by atoms with E-state index in [0.29, 0.717) is 0 Å². The predicted molar refractivity (Wildman–Crippen MR) is 81.9 cm³/mol. The number of aromatic nitrogens is 1. The van der Waals surface area contributed by atoms with Crippen molar-refractivity contribution in [3.05, 3.63) is 46.0 Å². The molecular weight excluding hydrogens is 268 g/mol. The lowest BCUT2D eigenvalue weighted by molar-refractivity contribution is 0.350. The van der Waals surface area contributed by atoms with Crippen LogP contribution in [0.5, 0.6) is 0 Å². The van der Waals surface area contributed by atoms with Gasteiger partial charge in [-0.15, -0.1) is 0 Å². The zero-order valence-corrected chi connectivity index (χ0v) is 12.0. The van der Waals surface area contributed by atoms with Crippen molar-refractivity contribution in [3.8, 4) is 0 Å². The van der Waals surface area contributed by atoms with E-state index in [1.165, 1.54) is 0 Å². The molecule has 0 fully saturated rings. The minimum atomic E-state index is -0.0943. The van der Waals surface area contributed by atoms with Crippen molar-refractivity contribution in [1.29, 1.82) is 0 Å². The molecule has 2 unspecified atom stereocenters. The molecule has 7 heteroatoms. The van der Waals surface area contributed by atoms with Crippen molar-refractivity contribution >= 4 is 12.2 Å². The first-order chi connectivity index (χ1) is 10.2. The molecule has 7 nitrogen and oxygen atoms in total. The topological polar surface area (TPSA) is 84.9 Å². The highest BCUT2D eigenvalue weighted by Crippen LogP contribution is 2.24. The van der Waals surface area contributed by atoms with Crippen LogP contribution in [-0.4, -0.2) is 34.8 Å². The Morgan fingerprint density at radius 2 is 2.29 bits per heavy atom. The van der Waals surface area contributed by atoms with E-state index in [1.807, 2.05) is 12.3 Å². The zero-order valence-electron chi connectivity index (χ0n) is 12.0. The largest absolute Gasteiger partial charge is 0.350 e. The number of pyridine rings is 1. The molecule has 0 saturated carbocycles. The van der Waals surface area contributed by atoms with Gasteiger partial charge in [0, 0.05) is 25.0 Å². The van der Waals surface area contributed by atoms with Crippen LogP contribution < -0.4 is 16.4 Å². The van der Waals surface area contributed by atoms with Crippen LogP contribution in [0, 0.1) is 0 Å². The molecular formula is C14H18N6O. The Morgan fingerprint density at radius 3 is 3.00 bits per heavy atom. The zero-order chi connectivity index (χ0) is 14.8. The van der Waals surface area contributed by atoms with Gasteiger partial charge in [0.1, 0.15) is 18.3 Å². The van der Waals surface area contributed by atoms with Crippen LogP contribution in [0.2, 0.25) is 0 Å². The summed E-state index contributed by atoms with van der Waals surface area (Å²) in [6, 6.07) is 3.49. The summed E-state index contributed by atoms with van der Waals surface area (Å²) in [5, 5.41) is 0. The number of likely N-dealkylation sites (N-methyl/N-ethyl adjacent to an activating group) is 1. The molecule has 3 rings (SSSR count). The van der Waals surface area contributed by atoms with Gasteiger partial charge < -0.3 is 15.3 Å². The maximum atomic E-state index is 11.2. The fraction of sp³-hybridized carbons (Fsp3) is 0.357. The van der Waals surface area contributed by atoms with Crippen molar-refractivity contribution in [2.45, 2.75) is 26.1 Å². The Labute approximate surface area is 122 Å². The molecule has 21 heavy (non-hydrogen) atoms. The van der Waals surface area contributed by atoms with Crippen molar-refractivity contribution in [2.24, 2.45) is 9.98 Å². The van der Waals surface area contributed by atoms with E-state index in [2.05, 4.69) is 44.6 Å². The van der Waals surface area contributed by atoms with Crippen LogP contribution in [0.25, 0.3) is 0 Å². The number of hydrazine groups is 1. The van der Waals surface area contributed by atoms with Crippen LogP contribution in [-0.2, 0) is 0 Å². The van der Waals surface area contributed by atoms with Gasteiger partial charge in [0.25, 0.3) is 0 Å². The lowest BCUT2D eigenvalue weighted by Gasteiger charge is -2.33. The van der Waals surface area contributed by atoms with Crippen molar-refractivity contribution < 1.29 is 0 Å². The smallest absolute Gasteiger partial charge is 0.247 e. The average molecular weight is 286 g/mol. The number of hydrogen-bond donors (Lipinski definition) is 3. The van der Waals surface area contributed by atoms with E-state index in [4.69, 9.17) is 0 Å². The predicted octanol–water partition coefficient (Wildman–Crippen LogP) is 0.516. The number of H-pyrrole nitrogens is 1. The molecule has 1 aromatic rings. The number of hydrogen-bond acceptors (Lipinski definition) is 6. The Hall–Kier alpha value is -2.41. The van der Waals surface area contributed by atoms with Crippen molar-refractivity contribution in [1.82, 2.24) is 20.7 Å². The first kappa shape index (κ1) is 13.6. The molecule has 0 aromatic carbocycles. The average Bonchev–Trinajstić information content (AvgIpc) is 2.98. The number of aromatic amines is 1. The maximum absolute atomic E-state index is 11.2. The molecule has 3 N–H and O–H groups in total. The molecule has 0 saturated heterocycles. The molecule has 110 valence electrons. The van der Waals surface area contributed by atoms with E-state index in [9.17, 15) is 4.79 Å². The summed E-state index contributed by atoms with van der Waals surface area (Å²) in [5.41, 5.74) is 8.01. The summed E-state index contributed by atoms with van der Waals surface area (Å²) >= 11 is 0. The van der Waals surface area contributed by atoms with E-state index in [0.717, 1.165) is 23.5 Å². The maximum Gasteiger partial charge on any atom is 0.247 e. The van der Waals surface area contributed by atoms with Gasteiger partial charge in [-0.05, 0) is 19.4 Å². The summed E-state index contributed by atoms with van der Waals surface area (Å²) in [5.74, 6) is 0.897. The van der Waals surface area contributed by atoms with Gasteiger partial charge in [-0.1, -0.05) is 6.07 Å². The Bertz CT molecular complexity index is 654. The molecule has 0 bridgehead atoms. The minimum Gasteiger partial charge on any atom is -0.350 e. The molecule has 2 aliphatic rings. The van der Waals surface area contributed by atoms with Gasteiger partial charge in [0.2, 0.25) is 5.56 Å². The third-order valence-corrected chi connectivity index (χ3v) is 3.77. The second kappa shape index (κ2) is 5.53. The first-order valence-corrected chi connectivity index (χ1v) is 6.97. The lowest BCUT2D eigenvalue weighted by atomic mass is 10.1. The van der Waals surface area contributed by atoms with Gasteiger partial charge in [-0.25, -0.2) is 15.4 Å². The van der Waals surface area contributed by atoms with Crippen molar-refractivity contribution in [3.63, 3.8) is 0 Å². The molecule has 0 radical (unpaired) electrons. The third kappa shape index (κ3) is 2.47. The Kier molecular flexibility index (Phi) is 3.57. The minimum absolute atomic E-state index is 0.0886. The van der Waals surface area contributed by atoms with Gasteiger partial charge >= 0.3 is 0 Å². The number of aliphatic imine (C=N–C) groups is 2. The van der Waals surface area contributed by atoms with Crippen LogP contribution in [0.1, 0.15) is 25.5 Å². The summed E-state index contributed by atoms with van der Waals surface area (Å²) in [6.45, 7) is 4.98. The highest BCUT2D eigenvalue weighted by atomic mass is 16.1. The highest BCUT2D eigenvalue weighted by molar-refractivity contribution is 6.05.